The lowest BCUT2D eigenvalue weighted by molar-refractivity contribution is -0.115. The maximum atomic E-state index is 12.1. The summed E-state index contributed by atoms with van der Waals surface area (Å²) in [6.45, 7) is 1.98. The van der Waals surface area contributed by atoms with Crippen LogP contribution in [0, 0.1) is 6.92 Å². The van der Waals surface area contributed by atoms with Gasteiger partial charge in [-0.25, -0.2) is 4.98 Å². The van der Waals surface area contributed by atoms with E-state index >= 15 is 0 Å². The van der Waals surface area contributed by atoms with Crippen molar-refractivity contribution in [3.8, 4) is 0 Å². The Morgan fingerprint density at radius 3 is 2.76 bits per heavy atom. The van der Waals surface area contributed by atoms with Gasteiger partial charge in [-0.05, 0) is 42.8 Å². The molecule has 3 rings (SSSR count). The summed E-state index contributed by atoms with van der Waals surface area (Å²) >= 11 is 7.45. The fourth-order valence-corrected chi connectivity index (χ4v) is 3.10. The number of amides is 1. The summed E-state index contributed by atoms with van der Waals surface area (Å²) in [5.41, 5.74) is 2.70. The van der Waals surface area contributed by atoms with Crippen LogP contribution in [0.2, 0.25) is 5.02 Å². The Labute approximate surface area is 131 Å². The Morgan fingerprint density at radius 1 is 1.24 bits per heavy atom. The van der Waals surface area contributed by atoms with Crippen molar-refractivity contribution in [1.29, 1.82) is 0 Å². The van der Waals surface area contributed by atoms with Crippen molar-refractivity contribution in [3.05, 3.63) is 58.1 Å². The first-order valence-corrected chi connectivity index (χ1v) is 7.71. The molecule has 2 aromatic carbocycles. The van der Waals surface area contributed by atoms with Gasteiger partial charge in [0.05, 0.1) is 21.6 Å². The maximum absolute atomic E-state index is 12.1. The first kappa shape index (κ1) is 14.0. The van der Waals surface area contributed by atoms with Crippen molar-refractivity contribution < 1.29 is 4.79 Å². The molecule has 0 saturated heterocycles. The minimum Gasteiger partial charge on any atom is -0.326 e. The van der Waals surface area contributed by atoms with Gasteiger partial charge < -0.3 is 5.32 Å². The zero-order valence-electron chi connectivity index (χ0n) is 11.4. The third-order valence-corrected chi connectivity index (χ3v) is 4.24. The van der Waals surface area contributed by atoms with Crippen LogP contribution in [0.1, 0.15) is 10.6 Å². The molecule has 0 aliphatic rings. The molecule has 0 aliphatic heterocycles. The largest absolute Gasteiger partial charge is 0.326 e. The minimum atomic E-state index is -0.0436. The molecule has 3 nitrogen and oxygen atoms in total. The zero-order chi connectivity index (χ0) is 14.8. The van der Waals surface area contributed by atoms with Gasteiger partial charge in [-0.2, -0.15) is 0 Å². The van der Waals surface area contributed by atoms with Crippen molar-refractivity contribution in [2.24, 2.45) is 0 Å². The van der Waals surface area contributed by atoms with Crippen molar-refractivity contribution in [1.82, 2.24) is 4.98 Å². The average molecular weight is 317 g/mol. The molecule has 5 heteroatoms. The third kappa shape index (κ3) is 3.40. The fourth-order valence-electron chi connectivity index (χ4n) is 2.11. The van der Waals surface area contributed by atoms with E-state index in [9.17, 15) is 4.79 Å². The highest BCUT2D eigenvalue weighted by Crippen LogP contribution is 2.24. The van der Waals surface area contributed by atoms with Crippen LogP contribution in [-0.2, 0) is 11.2 Å². The second-order valence-corrected chi connectivity index (χ2v) is 6.44. The summed E-state index contributed by atoms with van der Waals surface area (Å²) in [5, 5.41) is 4.61. The quantitative estimate of drug-likeness (QED) is 0.776. The van der Waals surface area contributed by atoms with E-state index in [1.165, 1.54) is 0 Å². The molecule has 3 aromatic rings. The molecule has 21 heavy (non-hydrogen) atoms. The van der Waals surface area contributed by atoms with E-state index in [1.54, 1.807) is 23.5 Å². The maximum Gasteiger partial charge on any atom is 0.228 e. The Bertz CT molecular complexity index is 796. The standard InChI is InChI=1S/C16H13ClN2OS/c1-10-18-14-7-6-13(9-15(14)21-10)19-16(20)8-11-2-4-12(17)5-3-11/h2-7,9H,8H2,1H3,(H,19,20). The number of rotatable bonds is 3. The summed E-state index contributed by atoms with van der Waals surface area (Å²) in [5.74, 6) is -0.0436. The Balaban J connectivity index is 1.71. The molecule has 0 fully saturated rings. The third-order valence-electron chi connectivity index (χ3n) is 3.06. The van der Waals surface area contributed by atoms with E-state index in [1.807, 2.05) is 37.3 Å². The van der Waals surface area contributed by atoms with Crippen LogP contribution in [0.3, 0.4) is 0 Å². The molecule has 0 radical (unpaired) electrons. The Hall–Kier alpha value is -1.91. The van der Waals surface area contributed by atoms with Gasteiger partial charge in [-0.15, -0.1) is 11.3 Å². The van der Waals surface area contributed by atoms with Gasteiger partial charge in [-0.1, -0.05) is 23.7 Å². The summed E-state index contributed by atoms with van der Waals surface area (Å²) in [4.78, 5) is 16.5. The second kappa shape index (κ2) is 5.84. The number of aryl methyl sites for hydroxylation is 1. The van der Waals surface area contributed by atoms with Gasteiger partial charge in [0, 0.05) is 10.7 Å². The second-order valence-electron chi connectivity index (χ2n) is 4.77. The number of carbonyl (C=O) groups excluding carboxylic acids is 1. The van der Waals surface area contributed by atoms with Crippen LogP contribution in [0.4, 0.5) is 5.69 Å². The van der Waals surface area contributed by atoms with E-state index < -0.39 is 0 Å². The molecule has 0 spiro atoms. The number of carbonyl (C=O) groups is 1. The lowest BCUT2D eigenvalue weighted by atomic mass is 10.1. The molecule has 0 aliphatic carbocycles. The predicted molar refractivity (Wildman–Crippen MR) is 88.1 cm³/mol. The van der Waals surface area contributed by atoms with E-state index in [0.29, 0.717) is 11.4 Å². The van der Waals surface area contributed by atoms with Crippen molar-refractivity contribution in [2.45, 2.75) is 13.3 Å². The van der Waals surface area contributed by atoms with E-state index in [0.717, 1.165) is 26.5 Å². The van der Waals surface area contributed by atoms with Crippen LogP contribution in [0.25, 0.3) is 10.2 Å². The molecule has 106 valence electrons. The predicted octanol–water partition coefficient (Wildman–Crippen LogP) is 4.44. The topological polar surface area (TPSA) is 42.0 Å². The van der Waals surface area contributed by atoms with Crippen molar-refractivity contribution in [3.63, 3.8) is 0 Å². The number of halogens is 1. The van der Waals surface area contributed by atoms with Crippen LogP contribution >= 0.6 is 22.9 Å². The summed E-state index contributed by atoms with van der Waals surface area (Å²) < 4.78 is 1.08. The number of aromatic nitrogens is 1. The lowest BCUT2D eigenvalue weighted by Gasteiger charge is -2.05. The van der Waals surface area contributed by atoms with Gasteiger partial charge in [0.15, 0.2) is 0 Å². The van der Waals surface area contributed by atoms with Crippen molar-refractivity contribution in [2.75, 3.05) is 5.32 Å². The number of hydrogen-bond acceptors (Lipinski definition) is 3. The van der Waals surface area contributed by atoms with Gasteiger partial charge in [0.1, 0.15) is 0 Å². The monoisotopic (exact) mass is 316 g/mol. The summed E-state index contributed by atoms with van der Waals surface area (Å²) in [6.07, 6.45) is 0.330. The van der Waals surface area contributed by atoms with Gasteiger partial charge in [0.2, 0.25) is 5.91 Å². The Morgan fingerprint density at radius 2 is 2.00 bits per heavy atom. The molecule has 1 heterocycles. The number of fused-ring (bicyclic) bond motifs is 1. The number of hydrogen-bond donors (Lipinski definition) is 1. The zero-order valence-corrected chi connectivity index (χ0v) is 13.0. The molecule has 1 amide bonds. The summed E-state index contributed by atoms with van der Waals surface area (Å²) in [7, 11) is 0. The summed E-state index contributed by atoms with van der Waals surface area (Å²) in [6, 6.07) is 13.1. The van der Waals surface area contributed by atoms with Crippen LogP contribution in [0.5, 0.6) is 0 Å². The number of anilines is 1. The molecule has 0 unspecified atom stereocenters. The van der Waals surface area contributed by atoms with E-state index in [-0.39, 0.29) is 5.91 Å². The minimum absolute atomic E-state index is 0.0436. The SMILES string of the molecule is Cc1nc2ccc(NC(=O)Cc3ccc(Cl)cc3)cc2s1. The van der Waals surface area contributed by atoms with Crippen LogP contribution in [-0.4, -0.2) is 10.9 Å². The van der Waals surface area contributed by atoms with Crippen LogP contribution in [0.15, 0.2) is 42.5 Å². The van der Waals surface area contributed by atoms with Gasteiger partial charge in [0.25, 0.3) is 0 Å². The number of nitrogens with zero attached hydrogens (tertiary/aromatic N) is 1. The highest BCUT2D eigenvalue weighted by atomic mass is 35.5. The van der Waals surface area contributed by atoms with E-state index in [4.69, 9.17) is 11.6 Å². The van der Waals surface area contributed by atoms with Gasteiger partial charge in [-0.3, -0.25) is 4.79 Å². The van der Waals surface area contributed by atoms with Crippen molar-refractivity contribution >= 4 is 44.7 Å². The highest BCUT2D eigenvalue weighted by molar-refractivity contribution is 7.18. The highest BCUT2D eigenvalue weighted by Gasteiger charge is 2.06. The Kier molecular flexibility index (Phi) is 3.90. The molecular formula is C16H13ClN2OS. The van der Waals surface area contributed by atoms with Crippen LogP contribution < -0.4 is 5.32 Å². The molecule has 1 N–H and O–H groups in total. The fraction of sp³-hybridized carbons (Fsp3) is 0.125. The smallest absolute Gasteiger partial charge is 0.228 e. The first-order valence-electron chi connectivity index (χ1n) is 6.52. The van der Waals surface area contributed by atoms with E-state index in [2.05, 4.69) is 10.3 Å². The number of thiazole rings is 1. The molecule has 0 atom stereocenters. The average Bonchev–Trinajstić information content (AvgIpc) is 2.80. The number of nitrogens with one attached hydrogen (secondary N) is 1. The molecule has 0 bridgehead atoms. The van der Waals surface area contributed by atoms with Gasteiger partial charge >= 0.3 is 0 Å². The molecule has 0 saturated carbocycles. The molecule has 1 aromatic heterocycles. The first-order chi connectivity index (χ1) is 10.1. The number of benzene rings is 2. The molecular weight excluding hydrogens is 304 g/mol. The normalized spacial score (nSPS) is 10.8. The lowest BCUT2D eigenvalue weighted by Crippen LogP contribution is -2.14.